The second-order valence-corrected chi connectivity index (χ2v) is 10.9. The van der Waals surface area contributed by atoms with Crippen LogP contribution in [0.4, 0.5) is 0 Å². The number of aromatic nitrogens is 3. The van der Waals surface area contributed by atoms with Crippen LogP contribution in [0.3, 0.4) is 0 Å². The van der Waals surface area contributed by atoms with Crippen molar-refractivity contribution in [3.05, 3.63) is 109 Å². The van der Waals surface area contributed by atoms with Crippen LogP contribution in [0.1, 0.15) is 50.5 Å². The Balaban J connectivity index is 1.47. The smallest absolute Gasteiger partial charge is 0.0880 e. The molecule has 34 heavy (non-hydrogen) atoms. The zero-order valence-corrected chi connectivity index (χ0v) is 21.1. The van der Waals surface area contributed by atoms with Gasteiger partial charge in [0.25, 0.3) is 0 Å². The number of hydrogen-bond donors (Lipinski definition) is 2. The summed E-state index contributed by atoms with van der Waals surface area (Å²) in [6.45, 7) is 8.50. The molecular weight excluding hydrogens is 458 g/mol. The molecule has 5 nitrogen and oxygen atoms in total. The van der Waals surface area contributed by atoms with Crippen LogP contribution >= 0.6 is 23.5 Å². The summed E-state index contributed by atoms with van der Waals surface area (Å²) in [5.41, 5.74) is 7.74. The monoisotopic (exact) mass is 483 g/mol. The maximum Gasteiger partial charge on any atom is 0.0880 e. The predicted octanol–water partition coefficient (Wildman–Crippen LogP) is 6.70. The van der Waals surface area contributed by atoms with E-state index in [9.17, 15) is 0 Å². The molecule has 0 amide bonds. The molecule has 0 unspecified atom stereocenters. The first-order valence-electron chi connectivity index (χ1n) is 11.0. The highest BCUT2D eigenvalue weighted by Gasteiger charge is 2.23. The third kappa shape index (κ3) is 4.41. The van der Waals surface area contributed by atoms with Gasteiger partial charge in [-0.05, 0) is 64.1 Å². The number of pyridine rings is 3. The fourth-order valence-electron chi connectivity index (χ4n) is 3.98. The van der Waals surface area contributed by atoms with Crippen molar-refractivity contribution in [1.82, 2.24) is 25.6 Å². The summed E-state index contributed by atoms with van der Waals surface area (Å²) < 4.78 is 0. The molecule has 7 heteroatoms. The molecule has 0 aliphatic carbocycles. The highest BCUT2D eigenvalue weighted by atomic mass is 32.2. The average Bonchev–Trinajstić information content (AvgIpc) is 2.85. The van der Waals surface area contributed by atoms with Crippen LogP contribution in [0.15, 0.2) is 86.6 Å². The summed E-state index contributed by atoms with van der Waals surface area (Å²) in [7, 11) is 0. The first-order valence-corrected chi connectivity index (χ1v) is 12.7. The highest BCUT2D eigenvalue weighted by molar-refractivity contribution is 8.07. The van der Waals surface area contributed by atoms with E-state index < -0.39 is 0 Å². The van der Waals surface area contributed by atoms with Crippen LogP contribution in [0, 0.1) is 0 Å². The zero-order chi connectivity index (χ0) is 23.7. The molecule has 0 fully saturated rings. The normalized spacial score (nSPS) is 16.6. The van der Waals surface area contributed by atoms with Gasteiger partial charge >= 0.3 is 0 Å². The fraction of sp³-hybridized carbons (Fsp3) is 0.148. The SMILES string of the molecule is CC1=C(c2ccccn2)NC(c2cccc(C3=C(C)SC(C)=C(c4ccccn4)N3)n2)=C(C)S1. The quantitative estimate of drug-likeness (QED) is 0.428. The molecule has 3 aromatic rings. The van der Waals surface area contributed by atoms with Crippen LogP contribution in [0.25, 0.3) is 22.8 Å². The Morgan fingerprint density at radius 3 is 1.26 bits per heavy atom. The second-order valence-electron chi connectivity index (χ2n) is 8.02. The van der Waals surface area contributed by atoms with Gasteiger partial charge in [0, 0.05) is 32.0 Å². The van der Waals surface area contributed by atoms with E-state index >= 15 is 0 Å². The van der Waals surface area contributed by atoms with Gasteiger partial charge in [-0.1, -0.05) is 41.7 Å². The summed E-state index contributed by atoms with van der Waals surface area (Å²) in [5, 5.41) is 7.24. The van der Waals surface area contributed by atoms with Crippen molar-refractivity contribution in [2.45, 2.75) is 27.7 Å². The van der Waals surface area contributed by atoms with Crippen molar-refractivity contribution >= 4 is 46.3 Å². The van der Waals surface area contributed by atoms with E-state index in [1.165, 1.54) is 19.6 Å². The maximum absolute atomic E-state index is 5.07. The van der Waals surface area contributed by atoms with Gasteiger partial charge in [0.1, 0.15) is 0 Å². The van der Waals surface area contributed by atoms with Crippen molar-refractivity contribution in [2.75, 3.05) is 0 Å². The van der Waals surface area contributed by atoms with Gasteiger partial charge in [-0.3, -0.25) is 9.97 Å². The number of allylic oxidation sites excluding steroid dienone is 4. The molecule has 0 radical (unpaired) electrons. The zero-order valence-electron chi connectivity index (χ0n) is 19.5. The van der Waals surface area contributed by atoms with E-state index in [0.717, 1.165) is 45.6 Å². The van der Waals surface area contributed by atoms with Gasteiger partial charge < -0.3 is 10.6 Å². The first kappa shape index (κ1) is 22.5. The van der Waals surface area contributed by atoms with E-state index in [4.69, 9.17) is 4.98 Å². The Labute approximate surface area is 208 Å². The predicted molar refractivity (Wildman–Crippen MR) is 145 cm³/mol. The maximum atomic E-state index is 5.07. The lowest BCUT2D eigenvalue weighted by atomic mass is 10.1. The third-order valence-corrected chi connectivity index (χ3v) is 7.67. The molecule has 0 spiro atoms. The van der Waals surface area contributed by atoms with Crippen molar-refractivity contribution in [3.8, 4) is 0 Å². The average molecular weight is 484 g/mol. The molecule has 0 saturated heterocycles. The molecule has 2 aliphatic heterocycles. The molecule has 5 rings (SSSR count). The highest BCUT2D eigenvalue weighted by Crippen LogP contribution is 2.41. The standard InChI is InChI=1S/C27H25N5S2/c1-16-24(20-10-5-7-14-28-20)31-26(18(3)33-16)22-12-9-13-23(30-22)27-19(4)34-17(2)25(32-27)21-11-6-8-15-29-21/h5-15,31-32H,1-4H3. The van der Waals surface area contributed by atoms with Gasteiger partial charge in [-0.25, -0.2) is 4.98 Å². The summed E-state index contributed by atoms with van der Waals surface area (Å²) in [4.78, 5) is 18.9. The minimum Gasteiger partial charge on any atom is -0.351 e. The molecule has 0 atom stereocenters. The molecule has 170 valence electrons. The van der Waals surface area contributed by atoms with Gasteiger partial charge in [-0.2, -0.15) is 0 Å². The summed E-state index contributed by atoms with van der Waals surface area (Å²) in [6.07, 6.45) is 3.64. The Bertz CT molecular complexity index is 1270. The lowest BCUT2D eigenvalue weighted by Crippen LogP contribution is -2.20. The Hall–Kier alpha value is -3.29. The van der Waals surface area contributed by atoms with E-state index in [-0.39, 0.29) is 0 Å². The van der Waals surface area contributed by atoms with E-state index in [1.54, 1.807) is 23.5 Å². The summed E-state index contributed by atoms with van der Waals surface area (Å²) in [5.74, 6) is 0. The lowest BCUT2D eigenvalue weighted by molar-refractivity contribution is 1.08. The molecule has 3 aromatic heterocycles. The third-order valence-electron chi connectivity index (χ3n) is 5.62. The van der Waals surface area contributed by atoms with Gasteiger partial charge in [0.05, 0.1) is 45.6 Å². The molecule has 2 aliphatic rings. The molecule has 5 heterocycles. The molecule has 0 bridgehead atoms. The van der Waals surface area contributed by atoms with E-state index in [1.807, 2.05) is 48.8 Å². The minimum atomic E-state index is 0.904. The fourth-order valence-corrected chi connectivity index (χ4v) is 5.93. The largest absolute Gasteiger partial charge is 0.351 e. The Morgan fingerprint density at radius 1 is 0.500 bits per heavy atom. The lowest BCUT2D eigenvalue weighted by Gasteiger charge is -2.25. The number of nitrogens with zero attached hydrogens (tertiary/aromatic N) is 3. The van der Waals surface area contributed by atoms with Crippen molar-refractivity contribution in [1.29, 1.82) is 0 Å². The van der Waals surface area contributed by atoms with E-state index in [0.29, 0.717) is 0 Å². The van der Waals surface area contributed by atoms with Crippen LogP contribution in [0.5, 0.6) is 0 Å². The van der Waals surface area contributed by atoms with Crippen LogP contribution in [0.2, 0.25) is 0 Å². The molecular formula is C27H25N5S2. The van der Waals surface area contributed by atoms with Gasteiger partial charge in [0.2, 0.25) is 0 Å². The van der Waals surface area contributed by atoms with Gasteiger partial charge in [-0.15, -0.1) is 0 Å². The summed E-state index contributed by atoms with van der Waals surface area (Å²) in [6, 6.07) is 18.1. The number of hydrogen-bond acceptors (Lipinski definition) is 7. The van der Waals surface area contributed by atoms with Crippen LogP contribution in [-0.4, -0.2) is 15.0 Å². The van der Waals surface area contributed by atoms with Crippen LogP contribution in [-0.2, 0) is 0 Å². The van der Waals surface area contributed by atoms with Crippen LogP contribution < -0.4 is 10.6 Å². The second kappa shape index (κ2) is 9.52. The summed E-state index contributed by atoms with van der Waals surface area (Å²) >= 11 is 3.51. The first-order chi connectivity index (χ1) is 16.5. The van der Waals surface area contributed by atoms with Crippen molar-refractivity contribution in [2.24, 2.45) is 0 Å². The van der Waals surface area contributed by atoms with Crippen molar-refractivity contribution < 1.29 is 0 Å². The topological polar surface area (TPSA) is 62.7 Å². The van der Waals surface area contributed by atoms with Crippen molar-refractivity contribution in [3.63, 3.8) is 0 Å². The minimum absolute atomic E-state index is 0.904. The number of rotatable bonds is 4. The molecule has 0 aromatic carbocycles. The number of nitrogens with one attached hydrogen (secondary N) is 2. The van der Waals surface area contributed by atoms with Gasteiger partial charge in [0.15, 0.2) is 0 Å². The van der Waals surface area contributed by atoms with E-state index in [2.05, 4.69) is 66.5 Å². The Kier molecular flexibility index (Phi) is 6.30. The number of thioether (sulfide) groups is 2. The Morgan fingerprint density at radius 2 is 0.882 bits per heavy atom. The molecule has 2 N–H and O–H groups in total. The molecule has 0 saturated carbocycles.